The third-order valence-corrected chi connectivity index (χ3v) is 15.6. The predicted octanol–water partition coefficient (Wildman–Crippen LogP) is 7.10. The molecular weight excluding hydrogens is 927 g/mol. The van der Waals surface area contributed by atoms with Gasteiger partial charge in [-0.2, -0.15) is 0 Å². The number of cyclic esters (lactones) is 1. The molecule has 1 saturated carbocycles. The number of amides is 1. The quantitative estimate of drug-likeness (QED) is 0.110. The number of benzene rings is 1. The summed E-state index contributed by atoms with van der Waals surface area (Å²) >= 11 is 0. The summed E-state index contributed by atoms with van der Waals surface area (Å²) in [5, 5.41) is 24.1. The number of ketones is 2. The van der Waals surface area contributed by atoms with Gasteiger partial charge in [-0.25, -0.2) is 9.78 Å². The molecule has 72 heavy (non-hydrogen) atoms. The van der Waals surface area contributed by atoms with Crippen LogP contribution in [0.3, 0.4) is 0 Å². The van der Waals surface area contributed by atoms with Crippen LogP contribution in [0.4, 0.5) is 0 Å². The number of esters is 1. The first kappa shape index (κ1) is 56.8. The minimum absolute atomic E-state index is 0.0194. The maximum atomic E-state index is 14.6. The number of hydrogen-bond donors (Lipinski definition) is 3. The number of fused-ring (bicyclic) bond motifs is 3. The zero-order valence-corrected chi connectivity index (χ0v) is 44.3. The third-order valence-electron chi connectivity index (χ3n) is 15.6. The molecule has 17 nitrogen and oxygen atoms in total. The Balaban J connectivity index is 1.25. The van der Waals surface area contributed by atoms with Crippen molar-refractivity contribution < 1.29 is 67.3 Å². The van der Waals surface area contributed by atoms with Crippen LogP contribution in [0.2, 0.25) is 0 Å². The van der Waals surface area contributed by atoms with Gasteiger partial charge in [-0.05, 0) is 108 Å². The van der Waals surface area contributed by atoms with E-state index in [2.05, 4.69) is 23.0 Å². The van der Waals surface area contributed by atoms with E-state index in [9.17, 15) is 29.4 Å². The van der Waals surface area contributed by atoms with Gasteiger partial charge in [0.1, 0.15) is 48.0 Å². The number of allylic oxidation sites excluding steroid dienone is 3. The second-order valence-electron chi connectivity index (χ2n) is 20.8. The lowest BCUT2D eigenvalue weighted by Crippen LogP contribution is -2.64. The second-order valence-corrected chi connectivity index (χ2v) is 20.8. The zero-order chi connectivity index (χ0) is 52.4. The number of methoxy groups -OCH3 is 5. The number of aromatic amines is 1. The van der Waals surface area contributed by atoms with Gasteiger partial charge >= 0.3 is 5.97 Å². The lowest BCUT2D eigenvalue weighted by molar-refractivity contribution is -0.302. The van der Waals surface area contributed by atoms with Crippen molar-refractivity contribution in [3.63, 3.8) is 0 Å². The molecule has 4 heterocycles. The number of Topliss-reactive ketones (excluding diaryl/α,β-unsaturated/α-hetero) is 2. The van der Waals surface area contributed by atoms with E-state index in [1.54, 1.807) is 47.4 Å². The highest BCUT2D eigenvalue weighted by Crippen LogP contribution is 2.40. The molecule has 2 bridgehead atoms. The Morgan fingerprint density at radius 1 is 0.889 bits per heavy atom. The Kier molecular flexibility index (Phi) is 20.2. The standard InChI is InChI=1S/C55H81N3O14/c1-12-37-20-31(2)19-32(3)21-47(68-10)51-48(69-11)23-34(5)55(64,72-51)52(61)53(62)58-18-14-13-15-42(58)54(63)71-50(35(6)43(59)28-44(37)60)33(4)22-36-16-17-45(46(24-36)67-9)70-30-49-56-29-41(57-49)38-25-39(65-7)27-40(26-38)66-8/h20,22,25-27,29,32,34-37,42-43,45-48,50-51,59,64H,12-19,21,23-24,28,30H2,1-11H3,(H,56,57)/b31-20+,33-22+/t32-,34+,35+,36?,37+,42-,43-,45+,46+,47?,48-,50+,51+,55+/m0/s1. The number of nitrogens with zero attached hydrogens (tertiary/aromatic N) is 2. The van der Waals surface area contributed by atoms with Crippen molar-refractivity contribution in [2.45, 2.75) is 173 Å². The van der Waals surface area contributed by atoms with Gasteiger partial charge in [0.25, 0.3) is 11.7 Å². The summed E-state index contributed by atoms with van der Waals surface area (Å²) in [6.07, 6.45) is 5.94. The minimum atomic E-state index is -2.52. The highest BCUT2D eigenvalue weighted by molar-refractivity contribution is 6.39. The van der Waals surface area contributed by atoms with E-state index in [0.717, 1.165) is 23.3 Å². The number of aromatic nitrogens is 2. The molecule has 0 radical (unpaired) electrons. The van der Waals surface area contributed by atoms with Crippen molar-refractivity contribution in [2.75, 3.05) is 42.1 Å². The molecule has 4 aliphatic rings. The first-order chi connectivity index (χ1) is 34.4. The molecule has 2 unspecified atom stereocenters. The molecule has 3 aliphatic heterocycles. The van der Waals surface area contributed by atoms with Crippen LogP contribution in [0.1, 0.15) is 118 Å². The number of carbonyl (C=O) groups is 4. The number of imidazole rings is 1. The molecular formula is C55H81N3O14. The number of ether oxygens (including phenoxy) is 8. The summed E-state index contributed by atoms with van der Waals surface area (Å²) in [5.41, 5.74) is 3.30. The molecule has 17 heteroatoms. The topological polar surface area (TPSA) is 214 Å². The maximum absolute atomic E-state index is 14.6. The Hall–Kier alpha value is -4.49. The van der Waals surface area contributed by atoms with E-state index in [1.165, 1.54) is 19.1 Å². The summed E-state index contributed by atoms with van der Waals surface area (Å²) in [6.45, 7) is 11.5. The second kappa shape index (κ2) is 25.6. The van der Waals surface area contributed by atoms with Crippen molar-refractivity contribution in [2.24, 2.45) is 29.6 Å². The van der Waals surface area contributed by atoms with E-state index in [-0.39, 0.29) is 62.2 Å². The van der Waals surface area contributed by atoms with E-state index in [0.29, 0.717) is 67.8 Å². The fraction of sp³-hybridized carbons (Fsp3) is 0.691. The Labute approximate surface area is 425 Å². The maximum Gasteiger partial charge on any atom is 0.329 e. The molecule has 400 valence electrons. The van der Waals surface area contributed by atoms with Gasteiger partial charge in [0.15, 0.2) is 0 Å². The van der Waals surface area contributed by atoms with Gasteiger partial charge in [0.2, 0.25) is 5.79 Å². The largest absolute Gasteiger partial charge is 0.497 e. The number of carbonyl (C=O) groups excluding carboxylic acids is 4. The SMILES string of the molecule is CC[C@@H]1/C=C(\C)C[C@H](C)CC(OC)[C@H]2O[C@@](O)(C(=O)C(=O)N3CCCC[C@H]3C(=O)O[C@H](/C(C)=C/C3CC[C@@H](OCc4ncc(-c5cc(OC)cc(OC)c5)[nH]4)[C@H](OC)C3)[C@H](C)[C@@H](O)CC1=O)[C@H](C)C[C@@H]2OC. The lowest BCUT2D eigenvalue weighted by atomic mass is 9.81. The number of aliphatic hydroxyl groups is 2. The third kappa shape index (κ3) is 13.4. The van der Waals surface area contributed by atoms with Gasteiger partial charge < -0.3 is 58.0 Å². The van der Waals surface area contributed by atoms with Crippen LogP contribution in [0.5, 0.6) is 11.5 Å². The normalized spacial score (nSPS) is 34.8. The van der Waals surface area contributed by atoms with Crippen LogP contribution >= 0.6 is 0 Å². The van der Waals surface area contributed by atoms with E-state index in [4.69, 9.17) is 37.9 Å². The number of H-pyrrole nitrogens is 1. The fourth-order valence-electron chi connectivity index (χ4n) is 11.3. The van der Waals surface area contributed by atoms with Crippen molar-refractivity contribution >= 4 is 23.4 Å². The highest BCUT2D eigenvalue weighted by atomic mass is 16.7. The molecule has 1 aromatic heterocycles. The highest BCUT2D eigenvalue weighted by Gasteiger charge is 2.56. The van der Waals surface area contributed by atoms with Crippen LogP contribution < -0.4 is 9.47 Å². The summed E-state index contributed by atoms with van der Waals surface area (Å²) in [4.78, 5) is 66.6. The van der Waals surface area contributed by atoms with Crippen LogP contribution in [0.25, 0.3) is 11.3 Å². The summed E-state index contributed by atoms with van der Waals surface area (Å²) < 4.78 is 47.8. The van der Waals surface area contributed by atoms with Crippen molar-refractivity contribution in [1.29, 1.82) is 0 Å². The van der Waals surface area contributed by atoms with Crippen molar-refractivity contribution in [3.05, 3.63) is 53.5 Å². The Bertz CT molecular complexity index is 2200. The Morgan fingerprint density at radius 3 is 2.22 bits per heavy atom. The molecule has 1 amide bonds. The van der Waals surface area contributed by atoms with Crippen LogP contribution in [0.15, 0.2) is 47.7 Å². The molecule has 1 aliphatic carbocycles. The molecule has 3 fully saturated rings. The van der Waals surface area contributed by atoms with Gasteiger partial charge in [-0.15, -0.1) is 0 Å². The molecule has 6 rings (SSSR count). The minimum Gasteiger partial charge on any atom is -0.497 e. The van der Waals surface area contributed by atoms with Crippen molar-refractivity contribution in [3.8, 4) is 22.8 Å². The average Bonchev–Trinajstić information content (AvgIpc) is 3.87. The molecule has 1 aromatic carbocycles. The monoisotopic (exact) mass is 1010 g/mol. The molecule has 2 saturated heterocycles. The van der Waals surface area contributed by atoms with E-state index < -0.39 is 77.8 Å². The Morgan fingerprint density at radius 2 is 1.57 bits per heavy atom. The van der Waals surface area contributed by atoms with Crippen molar-refractivity contribution in [1.82, 2.24) is 14.9 Å². The van der Waals surface area contributed by atoms with E-state index >= 15 is 0 Å². The zero-order valence-electron chi connectivity index (χ0n) is 44.3. The fourth-order valence-corrected chi connectivity index (χ4v) is 11.3. The van der Waals surface area contributed by atoms with Gasteiger partial charge in [0.05, 0.1) is 56.6 Å². The number of nitrogens with one attached hydrogen (secondary N) is 1. The van der Waals surface area contributed by atoms with Gasteiger partial charge in [-0.3, -0.25) is 14.4 Å². The van der Waals surface area contributed by atoms with Gasteiger partial charge in [-0.1, -0.05) is 45.4 Å². The number of piperidine rings is 1. The molecule has 14 atom stereocenters. The molecule has 2 aromatic rings. The summed E-state index contributed by atoms with van der Waals surface area (Å²) in [5.74, 6) is -5.69. The first-order valence-electron chi connectivity index (χ1n) is 25.9. The van der Waals surface area contributed by atoms with E-state index in [1.807, 2.05) is 39.0 Å². The first-order valence-corrected chi connectivity index (χ1v) is 25.9. The van der Waals surface area contributed by atoms with Gasteiger partial charge in [0, 0.05) is 63.7 Å². The molecule has 3 N–H and O–H groups in total. The predicted molar refractivity (Wildman–Crippen MR) is 268 cm³/mol. The lowest BCUT2D eigenvalue weighted by Gasteiger charge is -2.47. The smallest absolute Gasteiger partial charge is 0.329 e. The summed E-state index contributed by atoms with van der Waals surface area (Å²) in [7, 11) is 7.93. The number of hydrogen-bond acceptors (Lipinski definition) is 15. The number of aliphatic hydroxyl groups excluding tert-OH is 1. The van der Waals surface area contributed by atoms with Crippen LogP contribution in [-0.4, -0.2) is 145 Å². The number of rotatable bonds is 12. The molecule has 0 spiro atoms. The average molecular weight is 1010 g/mol. The summed E-state index contributed by atoms with van der Waals surface area (Å²) in [6, 6.07) is 4.44. The van der Waals surface area contributed by atoms with Crippen LogP contribution in [0, 0.1) is 29.6 Å². The van der Waals surface area contributed by atoms with Crippen LogP contribution in [-0.2, 0) is 54.2 Å².